The van der Waals surface area contributed by atoms with Gasteiger partial charge in [0.1, 0.15) is 0 Å². The van der Waals surface area contributed by atoms with Crippen LogP contribution < -0.4 is 11.3 Å². The van der Waals surface area contributed by atoms with Crippen LogP contribution in [0, 0.1) is 0 Å². The third-order valence-corrected chi connectivity index (χ3v) is 3.60. The van der Waals surface area contributed by atoms with Crippen molar-refractivity contribution in [3.8, 4) is 0 Å². The molecule has 1 aromatic rings. The molecule has 94 valence electrons. The summed E-state index contributed by atoms with van der Waals surface area (Å²) >= 11 is 0. The number of aromatic nitrogens is 1. The first-order valence-corrected chi connectivity index (χ1v) is 6.23. The van der Waals surface area contributed by atoms with Crippen molar-refractivity contribution in [3.63, 3.8) is 0 Å². The molecule has 0 radical (unpaired) electrons. The van der Waals surface area contributed by atoms with Gasteiger partial charge in [-0.3, -0.25) is 16.3 Å². The van der Waals surface area contributed by atoms with E-state index in [0.29, 0.717) is 0 Å². The van der Waals surface area contributed by atoms with Crippen molar-refractivity contribution in [2.24, 2.45) is 5.84 Å². The van der Waals surface area contributed by atoms with Gasteiger partial charge in [-0.05, 0) is 44.2 Å². The van der Waals surface area contributed by atoms with Crippen LogP contribution in [-0.2, 0) is 11.2 Å². The SMILES string of the molecule is CC1(C(Cc2cccnc2)NN)CCCCO1. The summed E-state index contributed by atoms with van der Waals surface area (Å²) in [5, 5.41) is 0. The molecule has 1 aliphatic rings. The Hall–Kier alpha value is -0.970. The van der Waals surface area contributed by atoms with Crippen LogP contribution >= 0.6 is 0 Å². The van der Waals surface area contributed by atoms with Crippen molar-refractivity contribution in [1.82, 2.24) is 10.4 Å². The first kappa shape index (κ1) is 12.5. The van der Waals surface area contributed by atoms with Gasteiger partial charge in [0.2, 0.25) is 0 Å². The van der Waals surface area contributed by atoms with Crippen molar-refractivity contribution >= 4 is 0 Å². The predicted octanol–water partition coefficient (Wildman–Crippen LogP) is 1.42. The van der Waals surface area contributed by atoms with Gasteiger partial charge in [0.05, 0.1) is 11.6 Å². The number of rotatable bonds is 4. The van der Waals surface area contributed by atoms with Gasteiger partial charge in [-0.25, -0.2) is 0 Å². The van der Waals surface area contributed by atoms with Crippen LogP contribution in [-0.4, -0.2) is 23.2 Å². The molecule has 0 amide bonds. The van der Waals surface area contributed by atoms with E-state index in [1.165, 1.54) is 12.0 Å². The summed E-state index contributed by atoms with van der Waals surface area (Å²) in [7, 11) is 0. The Morgan fingerprint density at radius 1 is 1.59 bits per heavy atom. The van der Waals surface area contributed by atoms with Crippen LogP contribution in [0.4, 0.5) is 0 Å². The summed E-state index contributed by atoms with van der Waals surface area (Å²) in [6.45, 7) is 2.98. The van der Waals surface area contributed by atoms with Crippen molar-refractivity contribution < 1.29 is 4.74 Å². The third kappa shape index (κ3) is 3.03. The summed E-state index contributed by atoms with van der Waals surface area (Å²) in [4.78, 5) is 4.13. The number of hydrazine groups is 1. The van der Waals surface area contributed by atoms with E-state index in [9.17, 15) is 0 Å². The maximum atomic E-state index is 5.93. The second kappa shape index (κ2) is 5.58. The molecule has 4 nitrogen and oxygen atoms in total. The Morgan fingerprint density at radius 3 is 3.06 bits per heavy atom. The molecule has 4 heteroatoms. The third-order valence-electron chi connectivity index (χ3n) is 3.60. The summed E-state index contributed by atoms with van der Waals surface area (Å²) < 4.78 is 5.93. The fourth-order valence-corrected chi connectivity index (χ4v) is 2.44. The second-order valence-electron chi connectivity index (χ2n) is 4.90. The summed E-state index contributed by atoms with van der Waals surface area (Å²) in [6, 6.07) is 4.16. The molecule has 1 aliphatic heterocycles. The van der Waals surface area contributed by atoms with Gasteiger partial charge in [0, 0.05) is 19.0 Å². The van der Waals surface area contributed by atoms with E-state index in [1.807, 2.05) is 12.3 Å². The molecule has 0 aromatic carbocycles. The number of ether oxygens (including phenoxy) is 1. The van der Waals surface area contributed by atoms with Crippen LogP contribution in [0.15, 0.2) is 24.5 Å². The van der Waals surface area contributed by atoms with Gasteiger partial charge in [0.15, 0.2) is 0 Å². The highest BCUT2D eigenvalue weighted by Gasteiger charge is 2.36. The lowest BCUT2D eigenvalue weighted by Gasteiger charge is -2.40. The molecule has 0 saturated carbocycles. The molecule has 0 aliphatic carbocycles. The van der Waals surface area contributed by atoms with Crippen LogP contribution in [0.3, 0.4) is 0 Å². The van der Waals surface area contributed by atoms with Crippen LogP contribution in [0.1, 0.15) is 31.7 Å². The van der Waals surface area contributed by atoms with Gasteiger partial charge in [-0.2, -0.15) is 0 Å². The lowest BCUT2D eigenvalue weighted by atomic mass is 9.85. The van der Waals surface area contributed by atoms with Crippen LogP contribution in [0.2, 0.25) is 0 Å². The Morgan fingerprint density at radius 2 is 2.47 bits per heavy atom. The van der Waals surface area contributed by atoms with Crippen molar-refractivity contribution in [2.75, 3.05) is 6.61 Å². The molecular weight excluding hydrogens is 214 g/mol. The predicted molar refractivity (Wildman–Crippen MR) is 67.3 cm³/mol. The molecule has 17 heavy (non-hydrogen) atoms. The van der Waals surface area contributed by atoms with E-state index < -0.39 is 0 Å². The van der Waals surface area contributed by atoms with Crippen molar-refractivity contribution in [2.45, 2.75) is 44.2 Å². The number of pyridine rings is 1. The van der Waals surface area contributed by atoms with E-state index in [4.69, 9.17) is 10.6 Å². The zero-order chi connectivity index (χ0) is 12.1. The van der Waals surface area contributed by atoms with Gasteiger partial charge in [-0.15, -0.1) is 0 Å². The Balaban J connectivity index is 2.05. The topological polar surface area (TPSA) is 60.2 Å². The van der Waals surface area contributed by atoms with Crippen molar-refractivity contribution in [1.29, 1.82) is 0 Å². The Labute approximate surface area is 103 Å². The van der Waals surface area contributed by atoms with E-state index >= 15 is 0 Å². The van der Waals surface area contributed by atoms with Crippen LogP contribution in [0.5, 0.6) is 0 Å². The Kier molecular flexibility index (Phi) is 4.10. The first-order chi connectivity index (χ1) is 8.24. The molecule has 0 bridgehead atoms. The monoisotopic (exact) mass is 235 g/mol. The number of nitrogens with zero attached hydrogens (tertiary/aromatic N) is 1. The smallest absolute Gasteiger partial charge is 0.0823 e. The maximum Gasteiger partial charge on any atom is 0.0823 e. The molecule has 2 heterocycles. The number of hydrogen-bond acceptors (Lipinski definition) is 4. The van der Waals surface area contributed by atoms with E-state index in [2.05, 4.69) is 23.4 Å². The zero-order valence-electron chi connectivity index (χ0n) is 10.4. The summed E-state index contributed by atoms with van der Waals surface area (Å²) in [6.07, 6.45) is 7.94. The van der Waals surface area contributed by atoms with Gasteiger partial charge >= 0.3 is 0 Å². The average Bonchev–Trinajstić information content (AvgIpc) is 2.38. The van der Waals surface area contributed by atoms with Crippen molar-refractivity contribution in [3.05, 3.63) is 30.1 Å². The second-order valence-corrected chi connectivity index (χ2v) is 4.90. The summed E-state index contributed by atoms with van der Waals surface area (Å²) in [5.74, 6) is 5.69. The van der Waals surface area contributed by atoms with E-state index in [0.717, 1.165) is 25.9 Å². The lowest BCUT2D eigenvalue weighted by molar-refractivity contribution is -0.0884. The largest absolute Gasteiger partial charge is 0.374 e. The highest BCUT2D eigenvalue weighted by Crippen LogP contribution is 2.29. The molecule has 3 N–H and O–H groups in total. The van der Waals surface area contributed by atoms with Gasteiger partial charge in [-0.1, -0.05) is 6.07 Å². The highest BCUT2D eigenvalue weighted by atomic mass is 16.5. The average molecular weight is 235 g/mol. The molecule has 2 unspecified atom stereocenters. The summed E-state index contributed by atoms with van der Waals surface area (Å²) in [5.41, 5.74) is 3.93. The quantitative estimate of drug-likeness (QED) is 0.612. The Bertz CT molecular complexity index is 336. The molecule has 1 saturated heterocycles. The standard InChI is InChI=1S/C13H21N3O/c1-13(6-2-3-8-17-13)12(16-14)9-11-5-4-7-15-10-11/h4-5,7,10,12,16H,2-3,6,8-9,14H2,1H3. The van der Waals surface area contributed by atoms with E-state index in [1.54, 1.807) is 6.20 Å². The molecule has 0 spiro atoms. The van der Waals surface area contributed by atoms with Gasteiger partial charge in [0.25, 0.3) is 0 Å². The minimum Gasteiger partial charge on any atom is -0.374 e. The normalized spacial score (nSPS) is 26.7. The number of nitrogens with two attached hydrogens (primary N) is 1. The molecule has 2 rings (SSSR count). The fraction of sp³-hybridized carbons (Fsp3) is 0.615. The lowest BCUT2D eigenvalue weighted by Crippen LogP contribution is -2.55. The minimum absolute atomic E-state index is 0.131. The molecule has 1 aromatic heterocycles. The number of nitrogens with one attached hydrogen (secondary N) is 1. The molecule has 1 fully saturated rings. The molecule has 2 atom stereocenters. The van der Waals surface area contributed by atoms with Gasteiger partial charge < -0.3 is 4.74 Å². The maximum absolute atomic E-state index is 5.93. The molecular formula is C13H21N3O. The van der Waals surface area contributed by atoms with Crippen LogP contribution in [0.25, 0.3) is 0 Å². The van der Waals surface area contributed by atoms with E-state index in [-0.39, 0.29) is 11.6 Å². The number of hydrogen-bond donors (Lipinski definition) is 2. The minimum atomic E-state index is -0.164. The first-order valence-electron chi connectivity index (χ1n) is 6.23. The highest BCUT2D eigenvalue weighted by molar-refractivity contribution is 5.12. The fourth-order valence-electron chi connectivity index (χ4n) is 2.44. The zero-order valence-corrected chi connectivity index (χ0v) is 10.4.